The molecule has 7 rings (SSSR count). The third-order valence-corrected chi connectivity index (χ3v) is 12.6. The average Bonchev–Trinajstić information content (AvgIpc) is 3.28. The number of likely N-dealkylation sites (N-methyl/N-ethyl adjacent to an activating group) is 1. The van der Waals surface area contributed by atoms with Gasteiger partial charge in [0.15, 0.2) is 0 Å². The molecule has 1 fully saturated rings. The Morgan fingerprint density at radius 2 is 1.63 bits per heavy atom. The maximum absolute atomic E-state index is 14.3. The lowest BCUT2D eigenvalue weighted by molar-refractivity contribution is -0.384. The SMILES string of the molecule is C=CCO[C@@]12Oc3ccc(Oc4ccc(C)c(C)c4)cc3[C@H]3[C@H](CCCCO)[C@@H](CCCCO)C=C(C(=NOCc4ccccc4)C[C@@H]1N(C)C(=O)Oc1ccc([N+](=O)[O-])cc1)[C@H]32. The number of unbranched alkanes of at least 4 members (excludes halogenated alkanes) is 2. The summed E-state index contributed by atoms with van der Waals surface area (Å²) >= 11 is 0. The van der Waals surface area contributed by atoms with Gasteiger partial charge in [0, 0.05) is 50.3 Å². The number of rotatable bonds is 19. The number of carbonyl (C=O) groups excluding carboxylic acids is 1. The second-order valence-corrected chi connectivity index (χ2v) is 16.6. The molecule has 2 aliphatic carbocycles. The number of hydrogen-bond acceptors (Lipinski definition) is 11. The first kappa shape index (κ1) is 45.0. The molecule has 63 heavy (non-hydrogen) atoms. The summed E-state index contributed by atoms with van der Waals surface area (Å²) in [6.45, 7) is 8.56. The molecule has 0 unspecified atom stereocenters. The lowest BCUT2D eigenvalue weighted by Crippen LogP contribution is -2.69. The maximum atomic E-state index is 14.3. The molecule has 4 aromatic rings. The summed E-state index contributed by atoms with van der Waals surface area (Å²) in [5, 5.41) is 36.1. The first-order valence-corrected chi connectivity index (χ1v) is 21.7. The molecule has 0 radical (unpaired) electrons. The number of benzene rings is 4. The number of allylic oxidation sites excluding steroid dienone is 1. The molecule has 13 heteroatoms. The van der Waals surface area contributed by atoms with E-state index in [1.165, 1.54) is 29.2 Å². The predicted octanol–water partition coefficient (Wildman–Crippen LogP) is 9.97. The summed E-state index contributed by atoms with van der Waals surface area (Å²) in [6.07, 6.45) is 7.80. The fourth-order valence-electron chi connectivity index (χ4n) is 9.40. The molecule has 0 aromatic heterocycles. The van der Waals surface area contributed by atoms with E-state index in [-0.39, 0.29) is 62.0 Å². The van der Waals surface area contributed by atoms with Gasteiger partial charge in [-0.1, -0.05) is 66.5 Å². The molecule has 1 aliphatic heterocycles. The number of ether oxygens (including phenoxy) is 4. The zero-order chi connectivity index (χ0) is 44.5. The number of nitro benzene ring substituents is 1. The van der Waals surface area contributed by atoms with Gasteiger partial charge < -0.3 is 38.9 Å². The van der Waals surface area contributed by atoms with E-state index in [4.69, 9.17) is 28.9 Å². The number of nitrogens with zero attached hydrogens (tertiary/aromatic N) is 3. The minimum atomic E-state index is -1.50. The van der Waals surface area contributed by atoms with Crippen molar-refractivity contribution in [3.8, 4) is 23.0 Å². The Bertz CT molecular complexity index is 2300. The van der Waals surface area contributed by atoms with Crippen LogP contribution >= 0.6 is 0 Å². The number of nitro groups is 1. The molecule has 0 bridgehead atoms. The highest BCUT2D eigenvalue weighted by atomic mass is 16.7. The van der Waals surface area contributed by atoms with E-state index in [9.17, 15) is 25.1 Å². The van der Waals surface area contributed by atoms with Crippen molar-refractivity contribution < 1.29 is 43.7 Å². The van der Waals surface area contributed by atoms with E-state index < -0.39 is 28.8 Å². The number of hydrogen-bond donors (Lipinski definition) is 2. The van der Waals surface area contributed by atoms with Crippen LogP contribution < -0.4 is 14.2 Å². The van der Waals surface area contributed by atoms with Crippen LogP contribution in [0.25, 0.3) is 0 Å². The van der Waals surface area contributed by atoms with Gasteiger partial charge in [0.05, 0.1) is 23.2 Å². The lowest BCUT2D eigenvalue weighted by Gasteiger charge is -2.59. The van der Waals surface area contributed by atoms with Gasteiger partial charge in [0.25, 0.3) is 5.69 Å². The second-order valence-electron chi connectivity index (χ2n) is 16.6. The molecule has 3 aliphatic rings. The van der Waals surface area contributed by atoms with Gasteiger partial charge in [-0.15, -0.1) is 6.58 Å². The number of fused-ring (bicyclic) bond motifs is 2. The molecular weight excluding hydrogens is 803 g/mol. The summed E-state index contributed by atoms with van der Waals surface area (Å²) in [6, 6.07) is 26.1. The second kappa shape index (κ2) is 20.4. The Labute approximate surface area is 368 Å². The Kier molecular flexibility index (Phi) is 14.6. The zero-order valence-electron chi connectivity index (χ0n) is 36.2. The van der Waals surface area contributed by atoms with Gasteiger partial charge in [-0.3, -0.25) is 10.1 Å². The molecule has 13 nitrogen and oxygen atoms in total. The van der Waals surface area contributed by atoms with Crippen LogP contribution in [0.2, 0.25) is 0 Å². The number of amides is 1. The summed E-state index contributed by atoms with van der Waals surface area (Å²) < 4.78 is 26.6. The molecule has 332 valence electrons. The standard InChI is InChI=1S/C50H57N3O10/c1-5-27-59-50-46(52(4)49(56)62-38-21-18-37(19-22-38)53(57)58)31-44(51-60-32-35-13-7-6-8-14-35)42-29-36(15-9-11-25-54)41(16-10-12-26-55)47(48(42)50)43-30-40(23-24-45(43)63-50)61-39-20-17-33(2)34(3)28-39/h5-8,13-14,17-24,28-30,36,41,46-48,54-55H,1,9-12,15-16,25-27,31-32H2,2-4H3/t36-,41+,46-,47+,48+,50+/m0/s1. The summed E-state index contributed by atoms with van der Waals surface area (Å²) in [7, 11) is 1.63. The molecule has 1 saturated carbocycles. The highest BCUT2D eigenvalue weighted by molar-refractivity contribution is 6.03. The van der Waals surface area contributed by atoms with Crippen LogP contribution in [0.4, 0.5) is 10.5 Å². The largest absolute Gasteiger partial charge is 0.459 e. The smallest absolute Gasteiger partial charge is 0.415 e. The number of aryl methyl sites for hydroxylation is 2. The molecule has 0 spiro atoms. The number of aliphatic hydroxyl groups is 2. The highest BCUT2D eigenvalue weighted by Crippen LogP contribution is 2.62. The Balaban J connectivity index is 1.39. The van der Waals surface area contributed by atoms with Gasteiger partial charge in [-0.25, -0.2) is 4.79 Å². The van der Waals surface area contributed by atoms with Crippen LogP contribution in [0.3, 0.4) is 0 Å². The van der Waals surface area contributed by atoms with Crippen LogP contribution in [0.1, 0.15) is 73.1 Å². The van der Waals surface area contributed by atoms with Crippen molar-refractivity contribution in [2.75, 3.05) is 26.9 Å². The van der Waals surface area contributed by atoms with Gasteiger partial charge in [-0.2, -0.15) is 0 Å². The minimum Gasteiger partial charge on any atom is -0.459 e. The number of carbonyl (C=O) groups is 1. The predicted molar refractivity (Wildman–Crippen MR) is 239 cm³/mol. The van der Waals surface area contributed by atoms with Crippen molar-refractivity contribution in [3.63, 3.8) is 0 Å². The van der Waals surface area contributed by atoms with E-state index in [2.05, 4.69) is 32.6 Å². The van der Waals surface area contributed by atoms with Crippen LogP contribution in [0.5, 0.6) is 23.0 Å². The fraction of sp³-hybridized carbons (Fsp3) is 0.400. The lowest BCUT2D eigenvalue weighted by atomic mass is 9.55. The molecule has 1 heterocycles. The fourth-order valence-corrected chi connectivity index (χ4v) is 9.40. The van der Waals surface area contributed by atoms with Crippen molar-refractivity contribution in [1.82, 2.24) is 4.90 Å². The summed E-state index contributed by atoms with van der Waals surface area (Å²) in [5.41, 5.74) is 5.53. The van der Waals surface area contributed by atoms with E-state index in [0.29, 0.717) is 35.8 Å². The summed E-state index contributed by atoms with van der Waals surface area (Å²) in [5.74, 6) is -0.190. The Hall–Kier alpha value is -6.02. The molecule has 6 atom stereocenters. The van der Waals surface area contributed by atoms with Gasteiger partial charge in [-0.05, 0) is 116 Å². The Morgan fingerprint density at radius 1 is 0.937 bits per heavy atom. The van der Waals surface area contributed by atoms with Crippen molar-refractivity contribution in [3.05, 3.63) is 148 Å². The van der Waals surface area contributed by atoms with Crippen molar-refractivity contribution in [1.29, 1.82) is 0 Å². The number of aliphatic hydroxyl groups excluding tert-OH is 2. The molecule has 4 aromatic carbocycles. The van der Waals surface area contributed by atoms with Crippen molar-refractivity contribution >= 4 is 17.5 Å². The van der Waals surface area contributed by atoms with E-state index in [0.717, 1.165) is 53.5 Å². The highest BCUT2D eigenvalue weighted by Gasteiger charge is 2.65. The van der Waals surface area contributed by atoms with Gasteiger partial charge in [0.2, 0.25) is 5.79 Å². The first-order valence-electron chi connectivity index (χ1n) is 21.7. The number of oxime groups is 1. The van der Waals surface area contributed by atoms with E-state index in [1.54, 1.807) is 13.1 Å². The van der Waals surface area contributed by atoms with Crippen molar-refractivity contribution in [2.45, 2.75) is 83.1 Å². The Morgan fingerprint density at radius 3 is 2.33 bits per heavy atom. The van der Waals surface area contributed by atoms with Crippen LogP contribution in [0.15, 0.2) is 120 Å². The maximum Gasteiger partial charge on any atom is 0.415 e. The first-order chi connectivity index (χ1) is 30.6. The van der Waals surface area contributed by atoms with Crippen LogP contribution in [-0.4, -0.2) is 70.5 Å². The molecule has 2 N–H and O–H groups in total. The zero-order valence-corrected chi connectivity index (χ0v) is 36.2. The van der Waals surface area contributed by atoms with Crippen LogP contribution in [0, 0.1) is 41.7 Å². The topological polar surface area (TPSA) is 162 Å². The monoisotopic (exact) mass is 859 g/mol. The minimum absolute atomic E-state index is 0.0119. The van der Waals surface area contributed by atoms with Crippen molar-refractivity contribution in [2.24, 2.45) is 22.9 Å². The third-order valence-electron chi connectivity index (χ3n) is 12.6. The van der Waals surface area contributed by atoms with Crippen LogP contribution in [-0.2, 0) is 16.2 Å². The third kappa shape index (κ3) is 9.96. The quantitative estimate of drug-likeness (QED) is 0.0402. The molecular formula is C50H57N3O10. The number of non-ortho nitro benzene ring substituents is 1. The van der Waals surface area contributed by atoms with E-state index in [1.807, 2.05) is 60.7 Å². The summed E-state index contributed by atoms with van der Waals surface area (Å²) in [4.78, 5) is 32.8. The molecule has 0 saturated heterocycles. The average molecular weight is 860 g/mol. The molecule has 1 amide bonds. The normalized spacial score (nSPS) is 22.8. The van der Waals surface area contributed by atoms with Gasteiger partial charge in [0.1, 0.15) is 35.6 Å². The van der Waals surface area contributed by atoms with E-state index >= 15 is 0 Å². The van der Waals surface area contributed by atoms with Gasteiger partial charge >= 0.3 is 6.09 Å².